The van der Waals surface area contributed by atoms with Gasteiger partial charge in [-0.1, -0.05) is 84.9 Å². The predicted octanol–water partition coefficient (Wildman–Crippen LogP) is 7.00. The minimum Gasteiger partial charge on any atom is -0.378 e. The molecule has 1 heterocycles. The van der Waals surface area contributed by atoms with Gasteiger partial charge in [-0.15, -0.1) is 0 Å². The topological polar surface area (TPSA) is 80.8 Å². The van der Waals surface area contributed by atoms with Crippen LogP contribution in [0.4, 0.5) is 4.79 Å². The fraction of sp³-hybridized carbons (Fsp3) is 0.0323. The molecule has 2 amide bonds. The van der Waals surface area contributed by atoms with Crippen LogP contribution in [0.5, 0.6) is 5.75 Å². The number of benzene rings is 5. The summed E-state index contributed by atoms with van der Waals surface area (Å²) in [4.78, 5) is 27.4. The molecule has 0 aromatic heterocycles. The Kier molecular flexibility index (Phi) is 6.42. The maximum Gasteiger partial charge on any atom is 0.339 e. The Balaban J connectivity index is 1.25. The summed E-state index contributed by atoms with van der Waals surface area (Å²) in [6, 6.07) is 32.4. The number of carbonyl (C=O) groups excluding carboxylic acids is 2. The van der Waals surface area contributed by atoms with Crippen LogP contribution in [-0.4, -0.2) is 24.5 Å². The highest BCUT2D eigenvalue weighted by Crippen LogP contribution is 2.36. The van der Waals surface area contributed by atoms with Crippen molar-refractivity contribution in [2.45, 2.75) is 11.4 Å². The summed E-state index contributed by atoms with van der Waals surface area (Å²) in [5, 5.41) is 3.40. The molecule has 0 aliphatic carbocycles. The van der Waals surface area contributed by atoms with Crippen molar-refractivity contribution < 1.29 is 22.2 Å². The van der Waals surface area contributed by atoms with E-state index in [9.17, 15) is 18.0 Å². The minimum absolute atomic E-state index is 0.0201. The van der Waals surface area contributed by atoms with Crippen LogP contribution in [0.2, 0.25) is 0 Å². The molecule has 0 bridgehead atoms. The van der Waals surface area contributed by atoms with E-state index in [0.29, 0.717) is 5.56 Å². The van der Waals surface area contributed by atoms with Crippen molar-refractivity contribution >= 4 is 60.6 Å². The number of hydrogen-bond acceptors (Lipinski definition) is 6. The first-order valence-corrected chi connectivity index (χ1v) is 14.4. The number of amides is 2. The number of carbonyl (C=O) groups is 2. The molecule has 39 heavy (non-hydrogen) atoms. The van der Waals surface area contributed by atoms with Crippen LogP contribution in [0.3, 0.4) is 0 Å². The molecule has 1 fully saturated rings. The van der Waals surface area contributed by atoms with Gasteiger partial charge in [0, 0.05) is 5.56 Å². The predicted molar refractivity (Wildman–Crippen MR) is 154 cm³/mol. The van der Waals surface area contributed by atoms with Gasteiger partial charge in [0.25, 0.3) is 11.1 Å². The Morgan fingerprint density at radius 1 is 0.718 bits per heavy atom. The summed E-state index contributed by atoms with van der Waals surface area (Å²) in [7, 11) is -4.15. The molecule has 5 aromatic rings. The van der Waals surface area contributed by atoms with Crippen LogP contribution in [0.15, 0.2) is 119 Å². The van der Waals surface area contributed by atoms with Gasteiger partial charge in [-0.05, 0) is 69.2 Å². The van der Waals surface area contributed by atoms with Crippen molar-refractivity contribution in [3.05, 3.63) is 125 Å². The number of fused-ring (bicyclic) bond motifs is 2. The summed E-state index contributed by atoms with van der Waals surface area (Å²) in [5.41, 5.74) is 1.21. The fourth-order valence-electron chi connectivity index (χ4n) is 4.46. The number of nitrogens with zero attached hydrogens (tertiary/aromatic N) is 1. The lowest BCUT2D eigenvalue weighted by Crippen LogP contribution is -2.27. The van der Waals surface area contributed by atoms with E-state index in [0.717, 1.165) is 38.9 Å². The third kappa shape index (κ3) is 5.04. The third-order valence-corrected chi connectivity index (χ3v) is 8.58. The highest BCUT2D eigenvalue weighted by molar-refractivity contribution is 8.18. The summed E-state index contributed by atoms with van der Waals surface area (Å²) in [6.07, 6.45) is 1.50. The molecular formula is C31H21NO5S2. The van der Waals surface area contributed by atoms with E-state index in [1.165, 1.54) is 23.1 Å². The first-order valence-electron chi connectivity index (χ1n) is 12.1. The second-order valence-corrected chi connectivity index (χ2v) is 11.6. The van der Waals surface area contributed by atoms with E-state index < -0.39 is 16.0 Å². The Morgan fingerprint density at radius 2 is 1.33 bits per heavy atom. The van der Waals surface area contributed by atoms with Crippen molar-refractivity contribution in [1.29, 1.82) is 0 Å². The van der Waals surface area contributed by atoms with Crippen molar-refractivity contribution in [2.24, 2.45) is 0 Å². The maximum absolute atomic E-state index is 13.2. The lowest BCUT2D eigenvalue weighted by molar-refractivity contribution is -0.123. The minimum atomic E-state index is -4.15. The lowest BCUT2D eigenvalue weighted by Gasteiger charge is -2.13. The third-order valence-electron chi connectivity index (χ3n) is 6.44. The van der Waals surface area contributed by atoms with Gasteiger partial charge in [-0.2, -0.15) is 8.42 Å². The van der Waals surface area contributed by atoms with Crippen molar-refractivity contribution in [3.63, 3.8) is 0 Å². The van der Waals surface area contributed by atoms with Gasteiger partial charge in [0.05, 0.1) is 11.4 Å². The first kappa shape index (κ1) is 24.9. The molecular weight excluding hydrogens is 530 g/mol. The molecule has 8 heteroatoms. The average molecular weight is 552 g/mol. The monoisotopic (exact) mass is 551 g/mol. The molecule has 0 atom stereocenters. The van der Waals surface area contributed by atoms with E-state index in [2.05, 4.69) is 0 Å². The van der Waals surface area contributed by atoms with Crippen LogP contribution in [-0.2, 0) is 21.5 Å². The molecule has 0 radical (unpaired) electrons. The number of thioether (sulfide) groups is 1. The second-order valence-electron chi connectivity index (χ2n) is 9.03. The zero-order valence-electron chi connectivity index (χ0n) is 20.5. The van der Waals surface area contributed by atoms with Gasteiger partial charge < -0.3 is 4.18 Å². The summed E-state index contributed by atoms with van der Waals surface area (Å²) in [6.45, 7) is 0.140. The highest BCUT2D eigenvalue weighted by atomic mass is 32.2. The molecule has 1 aliphatic rings. The summed E-state index contributed by atoms with van der Waals surface area (Å²) >= 11 is 0.818. The highest BCUT2D eigenvalue weighted by Gasteiger charge is 2.35. The molecule has 1 saturated heterocycles. The zero-order chi connectivity index (χ0) is 27.0. The number of imide groups is 1. The smallest absolute Gasteiger partial charge is 0.339 e. The zero-order valence-corrected chi connectivity index (χ0v) is 22.1. The Hall–Kier alpha value is -4.40. The summed E-state index contributed by atoms with van der Waals surface area (Å²) in [5.74, 6) is -0.377. The van der Waals surface area contributed by atoms with Crippen LogP contribution >= 0.6 is 11.8 Å². The van der Waals surface area contributed by atoms with Gasteiger partial charge in [-0.25, -0.2) is 0 Å². The SMILES string of the molecule is O=C1S/C(=C\c2ccccc2OS(=O)(=O)c2ccc3ccccc3c2)C(=O)N1Cc1ccc2ccccc2c1. The van der Waals surface area contributed by atoms with Gasteiger partial charge in [0.1, 0.15) is 10.6 Å². The van der Waals surface area contributed by atoms with E-state index in [1.807, 2.05) is 66.7 Å². The van der Waals surface area contributed by atoms with E-state index >= 15 is 0 Å². The number of hydrogen-bond donors (Lipinski definition) is 0. The molecule has 0 spiro atoms. The molecule has 0 unspecified atom stereocenters. The largest absolute Gasteiger partial charge is 0.378 e. The van der Waals surface area contributed by atoms with Crippen LogP contribution in [0.25, 0.3) is 27.6 Å². The van der Waals surface area contributed by atoms with E-state index in [4.69, 9.17) is 4.18 Å². The maximum atomic E-state index is 13.2. The van der Waals surface area contributed by atoms with Gasteiger partial charge >= 0.3 is 10.1 Å². The molecule has 0 N–H and O–H groups in total. The normalized spacial score (nSPS) is 15.0. The molecule has 1 aliphatic heterocycles. The molecule has 0 saturated carbocycles. The van der Waals surface area contributed by atoms with Crippen LogP contribution in [0.1, 0.15) is 11.1 Å². The van der Waals surface area contributed by atoms with Crippen molar-refractivity contribution in [1.82, 2.24) is 4.90 Å². The van der Waals surface area contributed by atoms with Crippen LogP contribution in [0, 0.1) is 0 Å². The number of rotatable bonds is 6. The average Bonchev–Trinajstić information content (AvgIpc) is 3.21. The lowest BCUT2D eigenvalue weighted by atomic mass is 10.1. The van der Waals surface area contributed by atoms with Crippen molar-refractivity contribution in [3.8, 4) is 5.75 Å². The van der Waals surface area contributed by atoms with Gasteiger partial charge in [0.15, 0.2) is 0 Å². The standard InChI is InChI=1S/C31H21NO5S2/c33-30-29(38-31(34)32(30)20-21-13-14-22-7-1-3-9-24(22)17-21)19-26-11-5-6-12-28(26)37-39(35,36)27-16-15-23-8-2-4-10-25(23)18-27/h1-19H,20H2/b29-19-. The Labute approximate surface area is 229 Å². The second kappa shape index (κ2) is 10.1. The molecule has 5 aromatic carbocycles. The fourth-order valence-corrected chi connectivity index (χ4v) is 6.28. The van der Waals surface area contributed by atoms with Gasteiger partial charge in [0.2, 0.25) is 0 Å². The molecule has 6 rings (SSSR count). The first-order chi connectivity index (χ1) is 18.9. The van der Waals surface area contributed by atoms with Crippen LogP contribution < -0.4 is 4.18 Å². The Bertz CT molecular complexity index is 1910. The summed E-state index contributed by atoms with van der Waals surface area (Å²) < 4.78 is 31.8. The van der Waals surface area contributed by atoms with E-state index in [-0.39, 0.29) is 27.3 Å². The van der Waals surface area contributed by atoms with Crippen molar-refractivity contribution in [2.75, 3.05) is 0 Å². The van der Waals surface area contributed by atoms with Gasteiger partial charge in [-0.3, -0.25) is 14.5 Å². The molecule has 6 nitrogen and oxygen atoms in total. The quantitative estimate of drug-likeness (QED) is 0.167. The van der Waals surface area contributed by atoms with E-state index in [1.54, 1.807) is 30.3 Å². The number of para-hydroxylation sites is 1. The molecule has 192 valence electrons. The Morgan fingerprint density at radius 3 is 2.08 bits per heavy atom.